The predicted octanol–water partition coefficient (Wildman–Crippen LogP) is 2.50. The van der Waals surface area contributed by atoms with Gasteiger partial charge in [0.25, 0.3) is 0 Å². The van der Waals surface area contributed by atoms with Gasteiger partial charge in [0.15, 0.2) is 0 Å². The summed E-state index contributed by atoms with van der Waals surface area (Å²) in [6.07, 6.45) is 1.59. The maximum absolute atomic E-state index is 5.69. The van der Waals surface area contributed by atoms with Crippen LogP contribution in [-0.4, -0.2) is 17.3 Å². The largest absolute Gasteiger partial charge is 0.396 e. The minimum Gasteiger partial charge on any atom is -0.396 e. The van der Waals surface area contributed by atoms with Crippen molar-refractivity contribution < 1.29 is 4.84 Å². The van der Waals surface area contributed by atoms with Crippen LogP contribution in [0.2, 0.25) is 5.02 Å². The fourth-order valence-electron chi connectivity index (χ4n) is 0.798. The van der Waals surface area contributed by atoms with Crippen LogP contribution >= 0.6 is 11.6 Å². The molecule has 0 N–H and O–H groups in total. The quantitative estimate of drug-likeness (QED) is 0.553. The summed E-state index contributed by atoms with van der Waals surface area (Å²) in [4.78, 5) is 8.98. The van der Waals surface area contributed by atoms with E-state index in [9.17, 15) is 0 Å². The summed E-state index contributed by atoms with van der Waals surface area (Å²) >= 11 is 5.69. The molecule has 70 valence electrons. The SMILES string of the molecule is CCO/N=C(/C)c1ccc(Cl)cn1. The molecule has 1 heterocycles. The molecule has 0 aliphatic rings. The summed E-state index contributed by atoms with van der Waals surface area (Å²) in [7, 11) is 0. The van der Waals surface area contributed by atoms with E-state index in [1.54, 1.807) is 18.3 Å². The van der Waals surface area contributed by atoms with Crippen LogP contribution in [0.4, 0.5) is 0 Å². The molecule has 0 bridgehead atoms. The van der Waals surface area contributed by atoms with E-state index in [1.165, 1.54) is 0 Å². The van der Waals surface area contributed by atoms with Gasteiger partial charge in [-0.1, -0.05) is 16.8 Å². The van der Waals surface area contributed by atoms with E-state index >= 15 is 0 Å². The van der Waals surface area contributed by atoms with Gasteiger partial charge in [-0.25, -0.2) is 0 Å². The Morgan fingerprint density at radius 2 is 2.38 bits per heavy atom. The van der Waals surface area contributed by atoms with Gasteiger partial charge in [-0.05, 0) is 26.0 Å². The van der Waals surface area contributed by atoms with Crippen molar-refractivity contribution in [2.75, 3.05) is 6.61 Å². The Labute approximate surface area is 82.4 Å². The third-order valence-corrected chi connectivity index (χ3v) is 1.65. The van der Waals surface area contributed by atoms with E-state index in [2.05, 4.69) is 10.1 Å². The normalized spacial score (nSPS) is 11.5. The van der Waals surface area contributed by atoms with E-state index in [0.717, 1.165) is 11.4 Å². The molecule has 0 unspecified atom stereocenters. The van der Waals surface area contributed by atoms with E-state index in [-0.39, 0.29) is 0 Å². The zero-order valence-electron chi connectivity index (χ0n) is 7.62. The molecule has 3 nitrogen and oxygen atoms in total. The number of hydrogen-bond donors (Lipinski definition) is 0. The molecule has 0 fully saturated rings. The monoisotopic (exact) mass is 198 g/mol. The minimum absolute atomic E-state index is 0.560. The third kappa shape index (κ3) is 3.03. The molecule has 1 rings (SSSR count). The molecule has 0 aliphatic heterocycles. The van der Waals surface area contributed by atoms with Crippen LogP contribution in [0.1, 0.15) is 19.5 Å². The molecule has 0 saturated heterocycles. The number of rotatable bonds is 3. The molecule has 1 aromatic rings. The van der Waals surface area contributed by atoms with Gasteiger partial charge in [0.2, 0.25) is 0 Å². The van der Waals surface area contributed by atoms with Crippen molar-refractivity contribution >= 4 is 17.3 Å². The standard InChI is InChI=1S/C9H11ClN2O/c1-3-13-12-7(2)9-5-4-8(10)6-11-9/h4-6H,3H2,1-2H3/b12-7-. The van der Waals surface area contributed by atoms with Crippen molar-refractivity contribution in [1.29, 1.82) is 0 Å². The summed E-state index contributed by atoms with van der Waals surface area (Å²) in [5, 5.41) is 4.47. The number of pyridine rings is 1. The minimum atomic E-state index is 0.560. The number of nitrogens with zero attached hydrogens (tertiary/aromatic N) is 2. The second kappa shape index (κ2) is 4.82. The highest BCUT2D eigenvalue weighted by Crippen LogP contribution is 2.06. The summed E-state index contributed by atoms with van der Waals surface area (Å²) in [5.74, 6) is 0. The second-order valence-corrected chi connectivity index (χ2v) is 2.89. The Morgan fingerprint density at radius 3 is 2.92 bits per heavy atom. The molecular weight excluding hydrogens is 188 g/mol. The fraction of sp³-hybridized carbons (Fsp3) is 0.333. The molecule has 0 atom stereocenters. The smallest absolute Gasteiger partial charge is 0.114 e. The first-order valence-corrected chi connectivity index (χ1v) is 4.40. The van der Waals surface area contributed by atoms with Gasteiger partial charge in [-0.15, -0.1) is 0 Å². The molecule has 0 radical (unpaired) electrons. The van der Waals surface area contributed by atoms with Crippen LogP contribution in [0.3, 0.4) is 0 Å². The van der Waals surface area contributed by atoms with Gasteiger partial charge >= 0.3 is 0 Å². The van der Waals surface area contributed by atoms with Crippen LogP contribution in [-0.2, 0) is 4.84 Å². The maximum atomic E-state index is 5.69. The van der Waals surface area contributed by atoms with E-state index in [1.807, 2.05) is 13.8 Å². The zero-order valence-corrected chi connectivity index (χ0v) is 8.38. The molecule has 13 heavy (non-hydrogen) atoms. The van der Waals surface area contributed by atoms with Gasteiger partial charge < -0.3 is 4.84 Å². The summed E-state index contributed by atoms with van der Waals surface area (Å²) in [5.41, 5.74) is 1.52. The highest BCUT2D eigenvalue weighted by molar-refractivity contribution is 6.30. The zero-order chi connectivity index (χ0) is 9.68. The first-order chi connectivity index (χ1) is 6.24. The van der Waals surface area contributed by atoms with E-state index in [0.29, 0.717) is 11.6 Å². The number of aromatic nitrogens is 1. The lowest BCUT2D eigenvalue weighted by atomic mass is 10.3. The van der Waals surface area contributed by atoms with Gasteiger partial charge in [0.05, 0.1) is 10.7 Å². The second-order valence-electron chi connectivity index (χ2n) is 2.46. The van der Waals surface area contributed by atoms with Gasteiger partial charge in [-0.3, -0.25) is 4.98 Å². The van der Waals surface area contributed by atoms with Crippen molar-refractivity contribution in [2.45, 2.75) is 13.8 Å². The molecule has 0 amide bonds. The van der Waals surface area contributed by atoms with Crippen molar-refractivity contribution in [3.05, 3.63) is 29.0 Å². The molecule has 0 saturated carbocycles. The lowest BCUT2D eigenvalue weighted by molar-refractivity contribution is 0.159. The van der Waals surface area contributed by atoms with E-state index < -0.39 is 0 Å². The molecule has 0 aliphatic carbocycles. The lowest BCUT2D eigenvalue weighted by Crippen LogP contribution is -1.98. The topological polar surface area (TPSA) is 34.5 Å². The predicted molar refractivity (Wildman–Crippen MR) is 53.1 cm³/mol. The average molecular weight is 199 g/mol. The van der Waals surface area contributed by atoms with Gasteiger partial charge in [0, 0.05) is 6.20 Å². The lowest BCUT2D eigenvalue weighted by Gasteiger charge is -1.99. The summed E-state index contributed by atoms with van der Waals surface area (Å²) < 4.78 is 0. The highest BCUT2D eigenvalue weighted by Gasteiger charge is 1.98. The van der Waals surface area contributed by atoms with Crippen molar-refractivity contribution in [1.82, 2.24) is 4.98 Å². The molecule has 0 spiro atoms. The Balaban J connectivity index is 2.77. The van der Waals surface area contributed by atoms with Crippen molar-refractivity contribution in [3.8, 4) is 0 Å². The van der Waals surface area contributed by atoms with Crippen molar-refractivity contribution in [3.63, 3.8) is 0 Å². The third-order valence-electron chi connectivity index (χ3n) is 1.43. The van der Waals surface area contributed by atoms with Crippen LogP contribution < -0.4 is 0 Å². The van der Waals surface area contributed by atoms with Gasteiger partial charge in [-0.2, -0.15) is 0 Å². The Hall–Kier alpha value is -1.09. The van der Waals surface area contributed by atoms with Crippen molar-refractivity contribution in [2.24, 2.45) is 5.16 Å². The molecular formula is C9H11ClN2O. The number of halogens is 1. The summed E-state index contributed by atoms with van der Waals surface area (Å²) in [6, 6.07) is 3.58. The Kier molecular flexibility index (Phi) is 3.71. The molecule has 4 heteroatoms. The van der Waals surface area contributed by atoms with Crippen LogP contribution in [0, 0.1) is 0 Å². The Morgan fingerprint density at radius 1 is 1.62 bits per heavy atom. The van der Waals surface area contributed by atoms with Gasteiger partial charge in [0.1, 0.15) is 12.3 Å². The van der Waals surface area contributed by atoms with Crippen LogP contribution in [0.25, 0.3) is 0 Å². The van der Waals surface area contributed by atoms with Crippen LogP contribution in [0.5, 0.6) is 0 Å². The fourth-order valence-corrected chi connectivity index (χ4v) is 0.910. The average Bonchev–Trinajstić information content (AvgIpc) is 2.15. The molecule has 1 aromatic heterocycles. The summed E-state index contributed by atoms with van der Waals surface area (Å²) in [6.45, 7) is 4.28. The van der Waals surface area contributed by atoms with Crippen LogP contribution in [0.15, 0.2) is 23.5 Å². The first kappa shape index (κ1) is 9.99. The molecule has 0 aromatic carbocycles. The van der Waals surface area contributed by atoms with E-state index in [4.69, 9.17) is 16.4 Å². The maximum Gasteiger partial charge on any atom is 0.114 e. The Bertz CT molecular complexity index is 295. The first-order valence-electron chi connectivity index (χ1n) is 4.02. The number of oxime groups is 1. The highest BCUT2D eigenvalue weighted by atomic mass is 35.5. The number of hydrogen-bond acceptors (Lipinski definition) is 3.